The number of fused-ring (bicyclic) bond motifs is 1. The van der Waals surface area contributed by atoms with E-state index in [2.05, 4.69) is 10.6 Å². The molecule has 0 radical (unpaired) electrons. The smallest absolute Gasteiger partial charge is 0.315 e. The minimum Gasteiger partial charge on any atom is -0.491 e. The lowest BCUT2D eigenvalue weighted by Crippen LogP contribution is -2.44. The van der Waals surface area contributed by atoms with E-state index in [1.54, 1.807) is 0 Å². The summed E-state index contributed by atoms with van der Waals surface area (Å²) in [7, 11) is 0. The van der Waals surface area contributed by atoms with Gasteiger partial charge in [0.25, 0.3) is 0 Å². The van der Waals surface area contributed by atoms with Gasteiger partial charge < -0.3 is 20.1 Å². The molecule has 2 aliphatic heterocycles. The molecule has 0 saturated carbocycles. The number of para-hydroxylation sites is 1. The molecule has 0 spiro atoms. The van der Waals surface area contributed by atoms with Crippen LogP contribution in [0.25, 0.3) is 0 Å². The molecule has 124 valence electrons. The van der Waals surface area contributed by atoms with Crippen LogP contribution < -0.4 is 15.4 Å². The van der Waals surface area contributed by atoms with Crippen molar-refractivity contribution in [3.05, 3.63) is 65.7 Å². The lowest BCUT2D eigenvalue weighted by atomic mass is 10.0. The van der Waals surface area contributed by atoms with Crippen LogP contribution in [-0.2, 0) is 4.74 Å². The molecule has 5 heteroatoms. The highest BCUT2D eigenvalue weighted by Gasteiger charge is 2.32. The first kappa shape index (κ1) is 15.0. The quantitative estimate of drug-likeness (QED) is 0.912. The molecule has 4 rings (SSSR count). The zero-order chi connectivity index (χ0) is 16.4. The monoisotopic (exact) mass is 324 g/mol. The number of carbonyl (C=O) groups is 1. The number of rotatable bonds is 3. The zero-order valence-corrected chi connectivity index (χ0v) is 13.3. The summed E-state index contributed by atoms with van der Waals surface area (Å²) in [6.45, 7) is 1.12. The Morgan fingerprint density at radius 2 is 1.79 bits per heavy atom. The Morgan fingerprint density at radius 3 is 2.67 bits per heavy atom. The largest absolute Gasteiger partial charge is 0.491 e. The van der Waals surface area contributed by atoms with Crippen LogP contribution in [0.4, 0.5) is 4.79 Å². The molecule has 2 heterocycles. The number of hydrogen-bond acceptors (Lipinski definition) is 3. The molecule has 1 saturated heterocycles. The molecule has 0 unspecified atom stereocenters. The van der Waals surface area contributed by atoms with Crippen molar-refractivity contribution in [2.45, 2.75) is 24.6 Å². The lowest BCUT2D eigenvalue weighted by molar-refractivity contribution is 0.0997. The van der Waals surface area contributed by atoms with Crippen molar-refractivity contribution in [1.29, 1.82) is 0 Å². The number of nitrogens with one attached hydrogen (secondary N) is 2. The average molecular weight is 324 g/mol. The fourth-order valence-corrected chi connectivity index (χ4v) is 3.36. The van der Waals surface area contributed by atoms with Gasteiger partial charge in [-0.2, -0.15) is 0 Å². The summed E-state index contributed by atoms with van der Waals surface area (Å²) in [5, 5.41) is 6.06. The minimum atomic E-state index is -0.184. The molecular weight excluding hydrogens is 304 g/mol. The third kappa shape index (κ3) is 2.95. The van der Waals surface area contributed by atoms with Crippen molar-refractivity contribution in [2.24, 2.45) is 0 Å². The van der Waals surface area contributed by atoms with Crippen LogP contribution in [0.3, 0.4) is 0 Å². The first-order chi connectivity index (χ1) is 11.8. The van der Waals surface area contributed by atoms with E-state index in [9.17, 15) is 4.79 Å². The fraction of sp³-hybridized carbons (Fsp3) is 0.316. The van der Waals surface area contributed by atoms with Gasteiger partial charge >= 0.3 is 6.03 Å². The molecule has 2 aromatic carbocycles. The molecular formula is C19H20N2O3. The summed E-state index contributed by atoms with van der Waals surface area (Å²) in [6, 6.07) is 17.5. The maximum atomic E-state index is 12.4. The second-order valence-corrected chi connectivity index (χ2v) is 6.12. The van der Waals surface area contributed by atoms with E-state index in [-0.39, 0.29) is 24.2 Å². The fourth-order valence-electron chi connectivity index (χ4n) is 3.36. The molecule has 0 bridgehead atoms. The maximum Gasteiger partial charge on any atom is 0.315 e. The number of amides is 2. The van der Waals surface area contributed by atoms with Gasteiger partial charge in [0.1, 0.15) is 18.5 Å². The van der Waals surface area contributed by atoms with Crippen LogP contribution in [-0.4, -0.2) is 25.3 Å². The Morgan fingerprint density at radius 1 is 1.00 bits per heavy atom. The maximum absolute atomic E-state index is 12.4. The summed E-state index contributed by atoms with van der Waals surface area (Å²) < 4.78 is 11.4. The van der Waals surface area contributed by atoms with E-state index in [0.717, 1.165) is 23.3 Å². The first-order valence-electron chi connectivity index (χ1n) is 8.26. The lowest BCUT2D eigenvalue weighted by Gasteiger charge is -2.21. The van der Waals surface area contributed by atoms with Crippen LogP contribution >= 0.6 is 0 Å². The first-order valence-corrected chi connectivity index (χ1v) is 8.26. The minimum absolute atomic E-state index is 0.0232. The van der Waals surface area contributed by atoms with Gasteiger partial charge in [0.05, 0.1) is 12.1 Å². The molecule has 1 fully saturated rings. The standard InChI is InChI=1S/C19H20N2O3/c22-19(21-16-12-24-17-9-5-4-8-14(16)17)20-15-10-11-23-18(15)13-6-2-1-3-7-13/h1-9,15-16,18H,10-12H2,(H2,20,21,22)/t15-,16+,18-/m0/s1. The van der Waals surface area contributed by atoms with E-state index in [4.69, 9.17) is 9.47 Å². The van der Waals surface area contributed by atoms with Gasteiger partial charge in [-0.05, 0) is 18.1 Å². The Bertz CT molecular complexity index is 720. The Hall–Kier alpha value is -2.53. The third-order valence-corrected chi connectivity index (χ3v) is 4.54. The Kier molecular flexibility index (Phi) is 4.09. The van der Waals surface area contributed by atoms with Crippen LogP contribution in [0.1, 0.15) is 29.7 Å². The molecule has 2 aliphatic rings. The molecule has 2 amide bonds. The summed E-state index contributed by atoms with van der Waals surface area (Å²) in [4.78, 5) is 12.4. The second kappa shape index (κ2) is 6.53. The van der Waals surface area contributed by atoms with E-state index in [0.29, 0.717) is 13.2 Å². The molecule has 3 atom stereocenters. The SMILES string of the molecule is O=C(N[C@H]1CCO[C@H]1c1ccccc1)N[C@@H]1COc2ccccc21. The van der Waals surface area contributed by atoms with Crippen LogP contribution in [0.2, 0.25) is 0 Å². The molecule has 5 nitrogen and oxygen atoms in total. The summed E-state index contributed by atoms with van der Waals surface area (Å²) >= 11 is 0. The highest BCUT2D eigenvalue weighted by atomic mass is 16.5. The number of hydrogen-bond donors (Lipinski definition) is 2. The highest BCUT2D eigenvalue weighted by Crippen LogP contribution is 2.32. The third-order valence-electron chi connectivity index (χ3n) is 4.54. The molecule has 0 aliphatic carbocycles. The highest BCUT2D eigenvalue weighted by molar-refractivity contribution is 5.75. The van der Waals surface area contributed by atoms with Gasteiger partial charge in [0.15, 0.2) is 0 Å². The predicted molar refractivity (Wildman–Crippen MR) is 89.9 cm³/mol. The number of urea groups is 1. The Balaban J connectivity index is 1.40. The summed E-state index contributed by atoms with van der Waals surface area (Å²) in [6.07, 6.45) is 0.717. The molecule has 2 aromatic rings. The zero-order valence-electron chi connectivity index (χ0n) is 13.3. The molecule has 24 heavy (non-hydrogen) atoms. The topological polar surface area (TPSA) is 59.6 Å². The van der Waals surface area contributed by atoms with Crippen molar-refractivity contribution < 1.29 is 14.3 Å². The van der Waals surface area contributed by atoms with Gasteiger partial charge in [0.2, 0.25) is 0 Å². The van der Waals surface area contributed by atoms with Gasteiger partial charge in [-0.15, -0.1) is 0 Å². The van der Waals surface area contributed by atoms with Gasteiger partial charge in [-0.3, -0.25) is 0 Å². The molecule has 2 N–H and O–H groups in total. The van der Waals surface area contributed by atoms with E-state index < -0.39 is 0 Å². The molecule has 0 aromatic heterocycles. The summed E-state index contributed by atoms with van der Waals surface area (Å²) in [5.41, 5.74) is 2.12. The second-order valence-electron chi connectivity index (χ2n) is 6.12. The van der Waals surface area contributed by atoms with Crippen molar-refractivity contribution >= 4 is 6.03 Å². The van der Waals surface area contributed by atoms with Crippen molar-refractivity contribution in [3.8, 4) is 5.75 Å². The van der Waals surface area contributed by atoms with Gasteiger partial charge in [-0.25, -0.2) is 4.79 Å². The van der Waals surface area contributed by atoms with E-state index >= 15 is 0 Å². The van der Waals surface area contributed by atoms with Crippen LogP contribution in [0.5, 0.6) is 5.75 Å². The van der Waals surface area contributed by atoms with E-state index in [1.165, 1.54) is 0 Å². The van der Waals surface area contributed by atoms with Crippen molar-refractivity contribution in [1.82, 2.24) is 10.6 Å². The van der Waals surface area contributed by atoms with Crippen LogP contribution in [0.15, 0.2) is 54.6 Å². The normalized spacial score (nSPS) is 24.9. The predicted octanol–water partition coefficient (Wildman–Crippen LogP) is 2.95. The summed E-state index contributed by atoms with van der Waals surface area (Å²) in [5.74, 6) is 0.842. The number of carbonyl (C=O) groups excluding carboxylic acids is 1. The van der Waals surface area contributed by atoms with Crippen LogP contribution in [0, 0.1) is 0 Å². The average Bonchev–Trinajstić information content (AvgIpc) is 3.23. The number of benzene rings is 2. The van der Waals surface area contributed by atoms with Crippen molar-refractivity contribution in [3.63, 3.8) is 0 Å². The Labute approximate surface area is 141 Å². The van der Waals surface area contributed by atoms with Gasteiger partial charge in [-0.1, -0.05) is 48.5 Å². The van der Waals surface area contributed by atoms with Gasteiger partial charge in [0, 0.05) is 12.2 Å². The van der Waals surface area contributed by atoms with E-state index in [1.807, 2.05) is 54.6 Å². The number of ether oxygens (including phenoxy) is 2. The van der Waals surface area contributed by atoms with Crippen molar-refractivity contribution in [2.75, 3.05) is 13.2 Å².